The Hall–Kier alpha value is -2.31. The fraction of sp³-hybridized carbons (Fsp3) is 0.481. The van der Waals surface area contributed by atoms with Crippen molar-refractivity contribution in [2.24, 2.45) is 5.92 Å². The quantitative estimate of drug-likeness (QED) is 0.579. The third kappa shape index (κ3) is 6.61. The Morgan fingerprint density at radius 1 is 1.00 bits per heavy atom. The molecule has 1 saturated heterocycles. The van der Waals surface area contributed by atoms with E-state index in [0.29, 0.717) is 30.3 Å². The van der Waals surface area contributed by atoms with Crippen molar-refractivity contribution >= 4 is 23.6 Å². The summed E-state index contributed by atoms with van der Waals surface area (Å²) in [4.78, 5) is 28.7. The van der Waals surface area contributed by atoms with Crippen LogP contribution in [0.2, 0.25) is 0 Å². The zero-order valence-corrected chi connectivity index (χ0v) is 20.2. The van der Waals surface area contributed by atoms with Gasteiger partial charge in [0.25, 0.3) is 5.91 Å². The zero-order valence-electron chi connectivity index (χ0n) is 19.4. The summed E-state index contributed by atoms with van der Waals surface area (Å²) in [5, 5.41) is 3.09. The molecule has 2 atom stereocenters. The average Bonchev–Trinajstić information content (AvgIpc) is 2.86. The summed E-state index contributed by atoms with van der Waals surface area (Å²) in [5.74, 6) is 0.972. The molecule has 4 rings (SSSR count). The molecular formula is C27H34N2O3S. The lowest BCUT2D eigenvalue weighted by molar-refractivity contribution is -0.118. The Balaban J connectivity index is 1.36. The normalized spacial score (nSPS) is 21.5. The van der Waals surface area contributed by atoms with Crippen molar-refractivity contribution in [1.82, 2.24) is 10.2 Å². The number of carbonyl (C=O) groups is 2. The number of benzene rings is 2. The highest BCUT2D eigenvalue weighted by molar-refractivity contribution is 8.00. The van der Waals surface area contributed by atoms with Crippen LogP contribution in [0.25, 0.3) is 0 Å². The number of nitrogens with zero attached hydrogens (tertiary/aromatic N) is 1. The summed E-state index contributed by atoms with van der Waals surface area (Å²) in [7, 11) is 0. The summed E-state index contributed by atoms with van der Waals surface area (Å²) in [6, 6.07) is 17.7. The Labute approximate surface area is 201 Å². The van der Waals surface area contributed by atoms with Crippen molar-refractivity contribution in [2.45, 2.75) is 56.1 Å². The molecule has 1 heterocycles. The highest BCUT2D eigenvalue weighted by Crippen LogP contribution is 2.29. The molecule has 2 aromatic rings. The molecule has 1 N–H and O–H groups in total. The van der Waals surface area contributed by atoms with E-state index in [0.717, 1.165) is 17.0 Å². The minimum Gasteiger partial charge on any atom is -0.367 e. The number of rotatable bonds is 7. The first-order chi connectivity index (χ1) is 16.1. The molecular weight excluding hydrogens is 432 g/mol. The predicted octanol–water partition coefficient (Wildman–Crippen LogP) is 5.08. The SMILES string of the molecule is CC1CN(C(=O)c2ccccc2SCC(=O)NCC2CCCCC2)CC(c2ccccc2)O1. The predicted molar refractivity (Wildman–Crippen MR) is 132 cm³/mol. The molecule has 1 aliphatic heterocycles. The van der Waals surface area contributed by atoms with Gasteiger partial charge in [-0.1, -0.05) is 61.7 Å². The fourth-order valence-electron chi connectivity index (χ4n) is 4.75. The van der Waals surface area contributed by atoms with E-state index in [1.54, 1.807) is 0 Å². The van der Waals surface area contributed by atoms with E-state index in [4.69, 9.17) is 4.74 Å². The second kappa shape index (κ2) is 11.7. The Morgan fingerprint density at radius 3 is 2.52 bits per heavy atom. The van der Waals surface area contributed by atoms with Gasteiger partial charge in [0, 0.05) is 18.0 Å². The molecule has 1 saturated carbocycles. The number of morpholine rings is 1. The van der Waals surface area contributed by atoms with E-state index in [2.05, 4.69) is 5.32 Å². The molecule has 0 bridgehead atoms. The third-order valence-corrected chi connectivity index (χ3v) is 7.58. The maximum absolute atomic E-state index is 13.5. The number of hydrogen-bond acceptors (Lipinski definition) is 4. The second-order valence-corrected chi connectivity index (χ2v) is 10.2. The van der Waals surface area contributed by atoms with Gasteiger partial charge in [0.2, 0.25) is 5.91 Å². The molecule has 0 aromatic heterocycles. The van der Waals surface area contributed by atoms with Gasteiger partial charge in [-0.25, -0.2) is 0 Å². The van der Waals surface area contributed by atoms with Gasteiger partial charge >= 0.3 is 0 Å². The molecule has 176 valence electrons. The lowest BCUT2D eigenvalue weighted by Gasteiger charge is -2.37. The van der Waals surface area contributed by atoms with E-state index in [1.807, 2.05) is 66.4 Å². The molecule has 2 aliphatic rings. The second-order valence-electron chi connectivity index (χ2n) is 9.15. The molecule has 0 radical (unpaired) electrons. The van der Waals surface area contributed by atoms with Gasteiger partial charge < -0.3 is 15.0 Å². The number of thioether (sulfide) groups is 1. The van der Waals surface area contributed by atoms with E-state index < -0.39 is 0 Å². The van der Waals surface area contributed by atoms with Crippen LogP contribution in [-0.2, 0) is 9.53 Å². The summed E-state index contributed by atoms with van der Waals surface area (Å²) < 4.78 is 6.12. The summed E-state index contributed by atoms with van der Waals surface area (Å²) in [6.07, 6.45) is 6.12. The largest absolute Gasteiger partial charge is 0.367 e. The van der Waals surface area contributed by atoms with Gasteiger partial charge in [-0.3, -0.25) is 9.59 Å². The first kappa shape index (κ1) is 23.8. The van der Waals surface area contributed by atoms with Crippen molar-refractivity contribution < 1.29 is 14.3 Å². The molecule has 5 nitrogen and oxygen atoms in total. The minimum absolute atomic E-state index is 0.00297. The van der Waals surface area contributed by atoms with E-state index in [-0.39, 0.29) is 24.0 Å². The van der Waals surface area contributed by atoms with Crippen LogP contribution in [0.15, 0.2) is 59.5 Å². The summed E-state index contributed by atoms with van der Waals surface area (Å²) in [6.45, 7) is 3.86. The van der Waals surface area contributed by atoms with Crippen LogP contribution in [0, 0.1) is 5.92 Å². The lowest BCUT2D eigenvalue weighted by atomic mass is 9.89. The smallest absolute Gasteiger partial charge is 0.255 e. The first-order valence-electron chi connectivity index (χ1n) is 12.1. The van der Waals surface area contributed by atoms with Gasteiger partial charge in [-0.2, -0.15) is 0 Å². The maximum Gasteiger partial charge on any atom is 0.255 e. The van der Waals surface area contributed by atoms with E-state index >= 15 is 0 Å². The van der Waals surface area contributed by atoms with Crippen LogP contribution >= 0.6 is 11.8 Å². The molecule has 2 amide bonds. The van der Waals surface area contributed by atoms with Crippen molar-refractivity contribution in [1.29, 1.82) is 0 Å². The van der Waals surface area contributed by atoms with Crippen molar-refractivity contribution in [2.75, 3.05) is 25.4 Å². The topological polar surface area (TPSA) is 58.6 Å². The number of amides is 2. The number of ether oxygens (including phenoxy) is 1. The van der Waals surface area contributed by atoms with Gasteiger partial charge in [0.15, 0.2) is 0 Å². The van der Waals surface area contributed by atoms with Crippen LogP contribution in [0.3, 0.4) is 0 Å². The van der Waals surface area contributed by atoms with Crippen LogP contribution in [-0.4, -0.2) is 48.2 Å². The van der Waals surface area contributed by atoms with Crippen LogP contribution in [0.5, 0.6) is 0 Å². The van der Waals surface area contributed by atoms with Gasteiger partial charge in [-0.05, 0) is 43.4 Å². The number of carbonyl (C=O) groups excluding carboxylic acids is 2. The van der Waals surface area contributed by atoms with Gasteiger partial charge in [0.05, 0.1) is 24.0 Å². The van der Waals surface area contributed by atoms with Crippen LogP contribution in [0.1, 0.15) is 61.1 Å². The maximum atomic E-state index is 13.5. The highest BCUT2D eigenvalue weighted by Gasteiger charge is 2.30. The van der Waals surface area contributed by atoms with Crippen molar-refractivity contribution in [3.63, 3.8) is 0 Å². The summed E-state index contributed by atoms with van der Waals surface area (Å²) in [5.41, 5.74) is 1.74. The van der Waals surface area contributed by atoms with Gasteiger partial charge in [0.1, 0.15) is 6.10 Å². The number of nitrogens with one attached hydrogen (secondary N) is 1. The molecule has 33 heavy (non-hydrogen) atoms. The first-order valence-corrected chi connectivity index (χ1v) is 13.1. The molecule has 2 aromatic carbocycles. The van der Waals surface area contributed by atoms with Gasteiger partial charge in [-0.15, -0.1) is 11.8 Å². The van der Waals surface area contributed by atoms with Crippen LogP contribution < -0.4 is 5.32 Å². The van der Waals surface area contributed by atoms with E-state index in [9.17, 15) is 9.59 Å². The lowest BCUT2D eigenvalue weighted by Crippen LogP contribution is -2.46. The minimum atomic E-state index is -0.135. The fourth-order valence-corrected chi connectivity index (χ4v) is 5.63. The molecule has 0 spiro atoms. The molecule has 1 aliphatic carbocycles. The van der Waals surface area contributed by atoms with Crippen molar-refractivity contribution in [3.05, 3.63) is 65.7 Å². The highest BCUT2D eigenvalue weighted by atomic mass is 32.2. The van der Waals surface area contributed by atoms with Crippen LogP contribution in [0.4, 0.5) is 0 Å². The van der Waals surface area contributed by atoms with E-state index in [1.165, 1.54) is 43.9 Å². The standard InChI is InChI=1S/C27H34N2O3S/c1-20-17-29(18-24(32-20)22-12-6-3-7-13-22)27(31)23-14-8-9-15-25(23)33-19-26(30)28-16-21-10-4-2-5-11-21/h3,6-9,12-15,20-21,24H,2,4-5,10-11,16-19H2,1H3,(H,28,30). The zero-order chi connectivity index (χ0) is 23.0. The molecule has 2 unspecified atom stereocenters. The Bertz CT molecular complexity index is 930. The van der Waals surface area contributed by atoms with Crippen molar-refractivity contribution in [3.8, 4) is 0 Å². The average molecular weight is 467 g/mol. The molecule has 6 heteroatoms. The number of hydrogen-bond donors (Lipinski definition) is 1. The Morgan fingerprint density at radius 2 is 1.73 bits per heavy atom. The molecule has 2 fully saturated rings. The Kier molecular flexibility index (Phi) is 8.46. The monoisotopic (exact) mass is 466 g/mol. The summed E-state index contributed by atoms with van der Waals surface area (Å²) >= 11 is 1.44. The third-order valence-electron chi connectivity index (χ3n) is 6.51.